The molecule has 6 nitrogen and oxygen atoms in total. The summed E-state index contributed by atoms with van der Waals surface area (Å²) in [6, 6.07) is 12.1. The lowest BCUT2D eigenvalue weighted by Crippen LogP contribution is -2.34. The van der Waals surface area contributed by atoms with E-state index in [4.69, 9.17) is 4.74 Å². The number of nitrogens with one attached hydrogen (secondary N) is 2. The first-order valence-electron chi connectivity index (χ1n) is 10.3. The lowest BCUT2D eigenvalue weighted by Gasteiger charge is -2.34. The molecule has 1 aliphatic carbocycles. The maximum absolute atomic E-state index is 12.5. The Morgan fingerprint density at radius 2 is 2.10 bits per heavy atom. The van der Waals surface area contributed by atoms with Crippen molar-refractivity contribution in [2.45, 2.75) is 44.6 Å². The highest BCUT2D eigenvalue weighted by Crippen LogP contribution is 2.30. The molecular formula is C23H28N4O2. The first-order valence-corrected chi connectivity index (χ1v) is 10.3. The number of fused-ring (bicyclic) bond motifs is 1. The van der Waals surface area contributed by atoms with Gasteiger partial charge in [-0.05, 0) is 36.3 Å². The number of anilines is 1. The van der Waals surface area contributed by atoms with E-state index in [0.29, 0.717) is 24.9 Å². The van der Waals surface area contributed by atoms with Gasteiger partial charge >= 0.3 is 0 Å². The van der Waals surface area contributed by atoms with Gasteiger partial charge in [0.1, 0.15) is 5.78 Å². The van der Waals surface area contributed by atoms with Gasteiger partial charge in [0.2, 0.25) is 0 Å². The fourth-order valence-electron chi connectivity index (χ4n) is 3.98. The van der Waals surface area contributed by atoms with Gasteiger partial charge in [0, 0.05) is 38.4 Å². The van der Waals surface area contributed by atoms with Crippen LogP contribution in [-0.2, 0) is 16.0 Å². The first-order chi connectivity index (χ1) is 14.1. The Morgan fingerprint density at radius 3 is 2.86 bits per heavy atom. The smallest absolute Gasteiger partial charge is 0.157 e. The van der Waals surface area contributed by atoms with Crippen LogP contribution in [-0.4, -0.2) is 40.7 Å². The summed E-state index contributed by atoms with van der Waals surface area (Å²) in [6.07, 6.45) is 5.27. The number of hydrogen-bond donors (Lipinski definition) is 2. The quantitative estimate of drug-likeness (QED) is 0.573. The number of methoxy groups -OCH3 is 1. The van der Waals surface area contributed by atoms with Crippen LogP contribution in [0.4, 0.5) is 5.82 Å². The number of ketones is 1. The third-order valence-corrected chi connectivity index (χ3v) is 5.87. The number of carbonyl (C=O) groups excluding carboxylic acids is 1. The van der Waals surface area contributed by atoms with E-state index in [9.17, 15) is 4.79 Å². The Hall–Kier alpha value is -2.73. The fraction of sp³-hybridized carbons (Fsp3) is 0.435. The first kappa shape index (κ1) is 19.6. The van der Waals surface area contributed by atoms with Crippen molar-refractivity contribution in [1.29, 1.82) is 0 Å². The van der Waals surface area contributed by atoms with Crippen molar-refractivity contribution < 1.29 is 9.53 Å². The summed E-state index contributed by atoms with van der Waals surface area (Å²) in [6.45, 7) is 2.98. The van der Waals surface area contributed by atoms with E-state index < -0.39 is 0 Å². The third-order valence-electron chi connectivity index (χ3n) is 5.87. The molecule has 2 N–H and O–H groups in total. The molecule has 0 unspecified atom stereocenters. The fourth-order valence-corrected chi connectivity index (χ4v) is 3.98. The van der Waals surface area contributed by atoms with Gasteiger partial charge in [-0.15, -0.1) is 0 Å². The van der Waals surface area contributed by atoms with E-state index in [1.807, 2.05) is 30.5 Å². The molecule has 0 bridgehead atoms. The number of aromatic amines is 1. The number of benzene rings is 1. The number of Topliss-reactive ketones (excluding diaryl/α,β-unsaturated/α-hetero) is 1. The minimum atomic E-state index is 0.198. The highest BCUT2D eigenvalue weighted by molar-refractivity contribution is 5.90. The van der Waals surface area contributed by atoms with Crippen LogP contribution in [0.15, 0.2) is 42.6 Å². The minimum Gasteiger partial charge on any atom is -0.381 e. The molecule has 6 heteroatoms. The number of ether oxygens (including phenoxy) is 1. The Bertz CT molecular complexity index is 963. The summed E-state index contributed by atoms with van der Waals surface area (Å²) in [5.41, 5.74) is 2.88. The van der Waals surface area contributed by atoms with Crippen LogP contribution < -0.4 is 5.32 Å². The molecule has 2 aromatic heterocycles. The van der Waals surface area contributed by atoms with Crippen molar-refractivity contribution in [2.75, 3.05) is 19.0 Å². The van der Waals surface area contributed by atoms with Gasteiger partial charge in [0.25, 0.3) is 0 Å². The molecule has 1 aromatic carbocycles. The molecule has 0 saturated heterocycles. The Balaban J connectivity index is 1.34. The molecular weight excluding hydrogens is 364 g/mol. The summed E-state index contributed by atoms with van der Waals surface area (Å²) in [4.78, 5) is 17.0. The van der Waals surface area contributed by atoms with E-state index in [1.54, 1.807) is 7.11 Å². The van der Waals surface area contributed by atoms with Crippen LogP contribution in [0, 0.1) is 5.92 Å². The molecule has 29 heavy (non-hydrogen) atoms. The number of hydrogen-bond acceptors (Lipinski definition) is 5. The van der Waals surface area contributed by atoms with E-state index in [2.05, 4.69) is 39.6 Å². The normalized spacial score (nSPS) is 19.7. The maximum Gasteiger partial charge on any atom is 0.157 e. The molecule has 1 atom stereocenters. The number of rotatable bonds is 9. The van der Waals surface area contributed by atoms with Crippen molar-refractivity contribution in [3.63, 3.8) is 0 Å². The van der Waals surface area contributed by atoms with Crippen molar-refractivity contribution in [3.8, 4) is 0 Å². The Morgan fingerprint density at radius 1 is 1.31 bits per heavy atom. The van der Waals surface area contributed by atoms with E-state index >= 15 is 0 Å². The Kier molecular flexibility index (Phi) is 5.90. The van der Waals surface area contributed by atoms with E-state index in [-0.39, 0.29) is 11.7 Å². The van der Waals surface area contributed by atoms with Crippen LogP contribution >= 0.6 is 0 Å². The number of nitrogens with zero attached hydrogens (tertiary/aromatic N) is 2. The van der Waals surface area contributed by atoms with Crippen LogP contribution in [0.3, 0.4) is 0 Å². The Labute approximate surface area is 171 Å². The van der Waals surface area contributed by atoms with Crippen molar-refractivity contribution in [2.24, 2.45) is 5.92 Å². The number of aromatic nitrogens is 3. The maximum atomic E-state index is 12.5. The summed E-state index contributed by atoms with van der Waals surface area (Å²) < 4.78 is 5.33. The molecule has 1 saturated carbocycles. The molecule has 0 radical (unpaired) electrons. The van der Waals surface area contributed by atoms with E-state index in [1.165, 1.54) is 5.56 Å². The second kappa shape index (κ2) is 8.74. The van der Waals surface area contributed by atoms with Crippen LogP contribution in [0.25, 0.3) is 10.9 Å². The average molecular weight is 393 g/mol. The van der Waals surface area contributed by atoms with Gasteiger partial charge < -0.3 is 10.1 Å². The van der Waals surface area contributed by atoms with Gasteiger partial charge in [0.15, 0.2) is 5.82 Å². The highest BCUT2D eigenvalue weighted by atomic mass is 16.5. The number of pyridine rings is 1. The average Bonchev–Trinajstić information content (AvgIpc) is 3.10. The van der Waals surface area contributed by atoms with Gasteiger partial charge in [-0.3, -0.25) is 14.9 Å². The van der Waals surface area contributed by atoms with Crippen molar-refractivity contribution in [1.82, 2.24) is 15.2 Å². The molecule has 0 aliphatic heterocycles. The molecule has 4 rings (SSSR count). The molecule has 1 aliphatic rings. The second-order valence-electron chi connectivity index (χ2n) is 8.10. The summed E-state index contributed by atoms with van der Waals surface area (Å²) in [5, 5.41) is 11.8. The SMILES string of the molecule is COC1CC(CNc2n[nH]c3cc(CC(=O)C[C@H](C)c4ccccc4)ncc23)C1. The van der Waals surface area contributed by atoms with Gasteiger partial charge in [0.05, 0.1) is 17.0 Å². The second-order valence-corrected chi connectivity index (χ2v) is 8.10. The zero-order valence-electron chi connectivity index (χ0n) is 17.0. The third kappa shape index (κ3) is 4.65. The molecule has 2 heterocycles. The predicted molar refractivity (Wildman–Crippen MR) is 114 cm³/mol. The standard InChI is InChI=1S/C23H28N4O2/c1-15(17-6-4-3-5-7-17)8-19(28)11-18-12-22-21(14-24-18)23(27-26-22)25-13-16-9-20(10-16)29-2/h3-7,12,14-16,20H,8-11,13H2,1-2H3,(H2,25,26,27)/t15-,16?,20?/m0/s1. The highest BCUT2D eigenvalue weighted by Gasteiger charge is 2.28. The lowest BCUT2D eigenvalue weighted by molar-refractivity contribution is -0.118. The van der Waals surface area contributed by atoms with Gasteiger partial charge in [-0.1, -0.05) is 37.3 Å². The van der Waals surface area contributed by atoms with E-state index in [0.717, 1.165) is 41.8 Å². The van der Waals surface area contributed by atoms with Crippen molar-refractivity contribution in [3.05, 3.63) is 53.9 Å². The van der Waals surface area contributed by atoms with Crippen molar-refractivity contribution >= 4 is 22.5 Å². The zero-order chi connectivity index (χ0) is 20.2. The van der Waals surface area contributed by atoms with Gasteiger partial charge in [-0.25, -0.2) is 0 Å². The summed E-state index contributed by atoms with van der Waals surface area (Å²) >= 11 is 0. The number of carbonyl (C=O) groups is 1. The summed E-state index contributed by atoms with van der Waals surface area (Å²) in [5.74, 6) is 1.86. The molecule has 0 amide bonds. The van der Waals surface area contributed by atoms with Crippen LogP contribution in [0.5, 0.6) is 0 Å². The minimum absolute atomic E-state index is 0.198. The monoisotopic (exact) mass is 392 g/mol. The van der Waals surface area contributed by atoms with Gasteiger partial charge in [-0.2, -0.15) is 5.10 Å². The summed E-state index contributed by atoms with van der Waals surface area (Å²) in [7, 11) is 1.77. The lowest BCUT2D eigenvalue weighted by atomic mass is 9.82. The number of H-pyrrole nitrogens is 1. The topological polar surface area (TPSA) is 79.9 Å². The zero-order valence-corrected chi connectivity index (χ0v) is 17.0. The van der Waals surface area contributed by atoms with Crippen LogP contribution in [0.2, 0.25) is 0 Å². The molecule has 0 spiro atoms. The molecule has 1 fully saturated rings. The van der Waals surface area contributed by atoms with Crippen LogP contribution in [0.1, 0.15) is 43.4 Å². The predicted octanol–water partition coefficient (Wildman–Crippen LogP) is 4.10. The molecule has 152 valence electrons. The molecule has 3 aromatic rings. The largest absolute Gasteiger partial charge is 0.381 e.